The molecule has 0 saturated heterocycles. The minimum atomic E-state index is -0.437. The summed E-state index contributed by atoms with van der Waals surface area (Å²) in [6.07, 6.45) is 0. The molecule has 1 spiro atoms. The highest BCUT2D eigenvalue weighted by Crippen LogP contribution is 2.62. The monoisotopic (exact) mass is 616 g/mol. The fourth-order valence-corrected chi connectivity index (χ4v) is 9.09. The first-order chi connectivity index (χ1) is 23.3. The van der Waals surface area contributed by atoms with E-state index in [1.165, 1.54) is 70.6 Å². The summed E-state index contributed by atoms with van der Waals surface area (Å²) in [7, 11) is 0. The van der Waals surface area contributed by atoms with Crippen molar-refractivity contribution < 1.29 is 4.74 Å². The molecule has 10 rings (SSSR count). The van der Waals surface area contributed by atoms with E-state index in [-0.39, 0.29) is 0 Å². The Kier molecular flexibility index (Phi) is 5.73. The van der Waals surface area contributed by atoms with Crippen LogP contribution in [-0.2, 0) is 5.41 Å². The first-order valence-corrected chi connectivity index (χ1v) is 16.9. The van der Waals surface area contributed by atoms with E-state index in [0.717, 1.165) is 17.1 Å². The number of benzene rings is 7. The lowest BCUT2D eigenvalue weighted by Gasteiger charge is -2.39. The Bertz CT molecular complexity index is 2470. The Labute approximate surface area is 278 Å². The van der Waals surface area contributed by atoms with Gasteiger partial charge in [0.05, 0.1) is 5.41 Å². The molecule has 220 valence electrons. The highest BCUT2D eigenvalue weighted by Gasteiger charge is 2.50. The molecule has 0 amide bonds. The van der Waals surface area contributed by atoms with Gasteiger partial charge in [0.25, 0.3) is 0 Å². The first-order valence-electron chi connectivity index (χ1n) is 16.1. The van der Waals surface area contributed by atoms with Crippen LogP contribution >= 0.6 is 11.3 Å². The molecule has 47 heavy (non-hydrogen) atoms. The van der Waals surface area contributed by atoms with Crippen LogP contribution in [0.15, 0.2) is 170 Å². The van der Waals surface area contributed by atoms with Crippen molar-refractivity contribution >= 4 is 22.1 Å². The Morgan fingerprint density at radius 3 is 1.77 bits per heavy atom. The van der Waals surface area contributed by atoms with Crippen molar-refractivity contribution in [3.05, 3.63) is 192 Å². The summed E-state index contributed by atoms with van der Waals surface area (Å²) in [5.41, 5.74) is 12.1. The number of rotatable bonds is 3. The molecule has 1 aliphatic heterocycles. The molecule has 2 aliphatic rings. The molecule has 0 bridgehead atoms. The number of thiophene rings is 1. The summed E-state index contributed by atoms with van der Waals surface area (Å²) in [5, 5.41) is 2.53. The van der Waals surface area contributed by atoms with Crippen LogP contribution < -0.4 is 4.74 Å². The van der Waals surface area contributed by atoms with Crippen molar-refractivity contribution in [1.82, 2.24) is 0 Å². The highest BCUT2D eigenvalue weighted by molar-refractivity contribution is 7.18. The topological polar surface area (TPSA) is 9.23 Å². The molecule has 2 heteroatoms. The minimum absolute atomic E-state index is 0.437. The van der Waals surface area contributed by atoms with Gasteiger partial charge in [-0.15, -0.1) is 11.3 Å². The van der Waals surface area contributed by atoms with Gasteiger partial charge in [-0.3, -0.25) is 0 Å². The number of ether oxygens (including phenoxy) is 1. The molecule has 0 atom stereocenters. The second-order valence-electron chi connectivity index (χ2n) is 12.4. The van der Waals surface area contributed by atoms with E-state index in [1.807, 2.05) is 11.3 Å². The van der Waals surface area contributed by atoms with E-state index >= 15 is 0 Å². The zero-order chi connectivity index (χ0) is 31.0. The van der Waals surface area contributed by atoms with Crippen LogP contribution in [0.3, 0.4) is 0 Å². The average Bonchev–Trinajstić information content (AvgIpc) is 3.74. The van der Waals surface area contributed by atoms with Gasteiger partial charge in [-0.25, -0.2) is 0 Å². The smallest absolute Gasteiger partial charge is 0.132 e. The molecule has 7 aromatic carbocycles. The summed E-state index contributed by atoms with van der Waals surface area (Å²) in [6, 6.07) is 61.7. The van der Waals surface area contributed by atoms with Crippen LogP contribution in [0.2, 0.25) is 0 Å². The summed E-state index contributed by atoms with van der Waals surface area (Å²) >= 11 is 1.83. The molecule has 0 N–H and O–H groups in total. The molecule has 1 aliphatic carbocycles. The normalized spacial score (nSPS) is 13.4. The van der Waals surface area contributed by atoms with E-state index in [1.54, 1.807) is 0 Å². The van der Waals surface area contributed by atoms with Crippen LogP contribution in [0.25, 0.3) is 53.9 Å². The quantitative estimate of drug-likeness (QED) is 0.192. The van der Waals surface area contributed by atoms with Gasteiger partial charge in [0.2, 0.25) is 0 Å². The van der Waals surface area contributed by atoms with E-state index in [2.05, 4.69) is 170 Å². The van der Waals surface area contributed by atoms with E-state index in [4.69, 9.17) is 4.74 Å². The van der Waals surface area contributed by atoms with Crippen molar-refractivity contribution in [3.8, 4) is 54.6 Å². The lowest BCUT2D eigenvalue weighted by molar-refractivity contribution is 0.436. The molecular formula is C45H28OS. The van der Waals surface area contributed by atoms with Crippen LogP contribution in [0.1, 0.15) is 22.3 Å². The number of para-hydroxylation sites is 1. The molecule has 0 fully saturated rings. The largest absolute Gasteiger partial charge is 0.457 e. The number of fused-ring (bicyclic) bond motifs is 10. The van der Waals surface area contributed by atoms with Crippen molar-refractivity contribution in [2.45, 2.75) is 5.41 Å². The molecule has 1 nitrogen and oxygen atoms in total. The third-order valence-electron chi connectivity index (χ3n) is 10.0. The molecule has 0 radical (unpaired) electrons. The zero-order valence-corrected chi connectivity index (χ0v) is 26.3. The molecule has 2 heterocycles. The highest BCUT2D eigenvalue weighted by atomic mass is 32.1. The molecule has 1 aromatic heterocycles. The molecule has 8 aromatic rings. The van der Waals surface area contributed by atoms with Crippen molar-refractivity contribution in [2.75, 3.05) is 0 Å². The maximum Gasteiger partial charge on any atom is 0.132 e. The van der Waals surface area contributed by atoms with Gasteiger partial charge in [0, 0.05) is 20.9 Å². The SMILES string of the molecule is c1ccc2c(c1)Oc1cc(-c3ccc(-c4ccccc4-c4cccc5ccccc45)s3)ccc1C21c2ccccc2-c2ccccc21. The summed E-state index contributed by atoms with van der Waals surface area (Å²) < 4.78 is 6.77. The van der Waals surface area contributed by atoms with Crippen molar-refractivity contribution in [2.24, 2.45) is 0 Å². The minimum Gasteiger partial charge on any atom is -0.457 e. The Hall–Kier alpha value is -5.70. The Morgan fingerprint density at radius 1 is 0.383 bits per heavy atom. The number of hydrogen-bond acceptors (Lipinski definition) is 2. The predicted octanol–water partition coefficient (Wildman–Crippen LogP) is 12.4. The average molecular weight is 617 g/mol. The maximum absolute atomic E-state index is 6.77. The Morgan fingerprint density at radius 2 is 0.957 bits per heavy atom. The summed E-state index contributed by atoms with van der Waals surface area (Å²) in [6.45, 7) is 0. The van der Waals surface area contributed by atoms with Gasteiger partial charge in [-0.2, -0.15) is 0 Å². The second-order valence-corrected chi connectivity index (χ2v) is 13.5. The third kappa shape index (κ3) is 3.77. The lowest BCUT2D eigenvalue weighted by Crippen LogP contribution is -2.32. The standard InChI is InChI=1S/C45H28OS/c1-2-14-31-29(12-1)13-11-19-32(31)33-15-3-4-18-36(33)44-27-26-43(47-44)30-24-25-40-42(28-30)46-41-23-10-9-22-39(41)45(40)37-20-7-5-16-34(37)35-17-6-8-21-38(35)45/h1-28H. The molecule has 0 unspecified atom stereocenters. The fourth-order valence-electron chi connectivity index (χ4n) is 8.05. The van der Waals surface area contributed by atoms with E-state index < -0.39 is 5.41 Å². The van der Waals surface area contributed by atoms with Gasteiger partial charge in [-0.05, 0) is 79.5 Å². The molecule has 0 saturated carbocycles. The van der Waals surface area contributed by atoms with Gasteiger partial charge in [-0.1, -0.05) is 146 Å². The van der Waals surface area contributed by atoms with Crippen LogP contribution in [-0.4, -0.2) is 0 Å². The van der Waals surface area contributed by atoms with Crippen molar-refractivity contribution in [1.29, 1.82) is 0 Å². The van der Waals surface area contributed by atoms with Crippen LogP contribution in [0, 0.1) is 0 Å². The fraction of sp³-hybridized carbons (Fsp3) is 0.0222. The molecular weight excluding hydrogens is 589 g/mol. The second kappa shape index (κ2) is 10.2. The number of hydrogen-bond donors (Lipinski definition) is 0. The summed E-state index contributed by atoms with van der Waals surface area (Å²) in [5.74, 6) is 1.83. The van der Waals surface area contributed by atoms with Crippen LogP contribution in [0.4, 0.5) is 0 Å². The first kappa shape index (κ1) is 26.5. The lowest BCUT2D eigenvalue weighted by atomic mass is 9.66. The van der Waals surface area contributed by atoms with Gasteiger partial charge in [0.1, 0.15) is 11.5 Å². The Balaban J connectivity index is 1.12. The zero-order valence-electron chi connectivity index (χ0n) is 25.5. The summed E-state index contributed by atoms with van der Waals surface area (Å²) in [4.78, 5) is 2.47. The van der Waals surface area contributed by atoms with Gasteiger partial charge in [0.15, 0.2) is 0 Å². The van der Waals surface area contributed by atoms with Gasteiger partial charge < -0.3 is 4.74 Å². The predicted molar refractivity (Wildman–Crippen MR) is 196 cm³/mol. The van der Waals surface area contributed by atoms with Crippen LogP contribution in [0.5, 0.6) is 11.5 Å². The van der Waals surface area contributed by atoms with E-state index in [0.29, 0.717) is 0 Å². The third-order valence-corrected chi connectivity index (χ3v) is 11.2. The maximum atomic E-state index is 6.77. The van der Waals surface area contributed by atoms with Crippen molar-refractivity contribution in [3.63, 3.8) is 0 Å². The van der Waals surface area contributed by atoms with E-state index in [9.17, 15) is 0 Å². The van der Waals surface area contributed by atoms with Gasteiger partial charge >= 0.3 is 0 Å².